The van der Waals surface area contributed by atoms with E-state index in [4.69, 9.17) is 23.4 Å². The first kappa shape index (κ1) is 23.5. The van der Waals surface area contributed by atoms with Crippen LogP contribution in [0.25, 0.3) is 21.9 Å². The topological polar surface area (TPSA) is 99.5 Å². The van der Waals surface area contributed by atoms with Crippen LogP contribution in [0.2, 0.25) is 0 Å². The number of furan rings is 1. The zero-order valence-electron chi connectivity index (χ0n) is 20.0. The molecule has 2 heterocycles. The lowest BCUT2D eigenvalue weighted by Crippen LogP contribution is -2.43. The number of methoxy groups -OCH3 is 2. The van der Waals surface area contributed by atoms with Crippen molar-refractivity contribution in [2.45, 2.75) is 0 Å². The predicted octanol–water partition coefficient (Wildman–Crippen LogP) is 4.09. The van der Waals surface area contributed by atoms with Crippen molar-refractivity contribution in [3.05, 3.63) is 60.2 Å². The molecule has 1 aromatic heterocycles. The number of nitrogens with zero attached hydrogens (tertiary/aromatic N) is 1. The maximum Gasteiger partial charge on any atom is 0.260 e. The Morgan fingerprint density at radius 3 is 2.44 bits per heavy atom. The average Bonchev–Trinajstić information content (AvgIpc) is 3.28. The molecule has 0 atom stereocenters. The fourth-order valence-electron chi connectivity index (χ4n) is 4.18. The van der Waals surface area contributed by atoms with Gasteiger partial charge in [-0.3, -0.25) is 9.59 Å². The third kappa shape index (κ3) is 4.65. The van der Waals surface area contributed by atoms with Gasteiger partial charge in [-0.05, 0) is 30.3 Å². The number of ether oxygens (including phenoxy) is 4. The van der Waals surface area contributed by atoms with Gasteiger partial charge in [-0.2, -0.15) is 0 Å². The van der Waals surface area contributed by atoms with Gasteiger partial charge in [0.25, 0.3) is 11.8 Å². The summed E-state index contributed by atoms with van der Waals surface area (Å²) in [6, 6.07) is 16.1. The zero-order chi connectivity index (χ0) is 25.1. The van der Waals surface area contributed by atoms with Crippen molar-refractivity contribution in [3.63, 3.8) is 0 Å². The molecule has 36 heavy (non-hydrogen) atoms. The first-order chi connectivity index (χ1) is 17.6. The Kier molecular flexibility index (Phi) is 6.64. The molecule has 9 nitrogen and oxygen atoms in total. The normalized spacial score (nSPS) is 13.6. The Morgan fingerprint density at radius 2 is 1.67 bits per heavy atom. The van der Waals surface area contributed by atoms with Crippen LogP contribution in [0.5, 0.6) is 17.2 Å². The van der Waals surface area contributed by atoms with Crippen molar-refractivity contribution >= 4 is 39.4 Å². The molecule has 1 N–H and O–H groups in total. The summed E-state index contributed by atoms with van der Waals surface area (Å²) >= 11 is 0. The maximum absolute atomic E-state index is 13.1. The Balaban J connectivity index is 1.33. The SMILES string of the molecule is COc1cc2c(cc1NC(=O)c1ccc(OCC(=O)N3CCOCC3)c(OC)c1)oc1ccccc12. The van der Waals surface area contributed by atoms with E-state index < -0.39 is 0 Å². The van der Waals surface area contributed by atoms with Crippen LogP contribution in [0.4, 0.5) is 5.69 Å². The highest BCUT2D eigenvalue weighted by molar-refractivity contribution is 6.10. The highest BCUT2D eigenvalue weighted by atomic mass is 16.5. The van der Waals surface area contributed by atoms with Crippen molar-refractivity contribution in [1.82, 2.24) is 4.90 Å². The third-order valence-corrected chi connectivity index (χ3v) is 6.09. The summed E-state index contributed by atoms with van der Waals surface area (Å²) in [7, 11) is 3.03. The molecule has 0 saturated carbocycles. The molecule has 1 fully saturated rings. The second-order valence-corrected chi connectivity index (χ2v) is 8.25. The minimum atomic E-state index is -0.363. The lowest BCUT2D eigenvalue weighted by molar-refractivity contribution is -0.137. The molecule has 1 aliphatic heterocycles. The molecule has 186 valence electrons. The second-order valence-electron chi connectivity index (χ2n) is 8.25. The van der Waals surface area contributed by atoms with Gasteiger partial charge in [-0.15, -0.1) is 0 Å². The number of para-hydroxylation sites is 1. The molecule has 1 saturated heterocycles. The smallest absolute Gasteiger partial charge is 0.260 e. The molecule has 9 heteroatoms. The van der Waals surface area contributed by atoms with E-state index in [9.17, 15) is 9.59 Å². The first-order valence-electron chi connectivity index (χ1n) is 11.5. The van der Waals surface area contributed by atoms with Crippen LogP contribution in [0.3, 0.4) is 0 Å². The average molecular weight is 491 g/mol. The molecule has 0 aliphatic carbocycles. The summed E-state index contributed by atoms with van der Waals surface area (Å²) in [6.07, 6.45) is 0. The van der Waals surface area contributed by atoms with Gasteiger partial charge >= 0.3 is 0 Å². The number of carbonyl (C=O) groups excluding carboxylic acids is 2. The van der Waals surface area contributed by atoms with Gasteiger partial charge in [-0.1, -0.05) is 18.2 Å². The van der Waals surface area contributed by atoms with Crippen LogP contribution in [-0.4, -0.2) is 63.8 Å². The van der Waals surface area contributed by atoms with E-state index >= 15 is 0 Å². The molecule has 5 rings (SSSR count). The quantitative estimate of drug-likeness (QED) is 0.417. The highest BCUT2D eigenvalue weighted by Crippen LogP contribution is 2.37. The second kappa shape index (κ2) is 10.2. The molecule has 1 aliphatic rings. The van der Waals surface area contributed by atoms with E-state index in [-0.39, 0.29) is 18.4 Å². The number of benzene rings is 3. The summed E-state index contributed by atoms with van der Waals surface area (Å²) in [5, 5.41) is 4.75. The van der Waals surface area contributed by atoms with Crippen LogP contribution in [-0.2, 0) is 9.53 Å². The molecular weight excluding hydrogens is 464 g/mol. The van der Waals surface area contributed by atoms with Gasteiger partial charge in [0.1, 0.15) is 16.9 Å². The largest absolute Gasteiger partial charge is 0.495 e. The summed E-state index contributed by atoms with van der Waals surface area (Å²) in [5.41, 5.74) is 2.22. The molecule has 0 spiro atoms. The van der Waals surface area contributed by atoms with Crippen molar-refractivity contribution in [3.8, 4) is 17.2 Å². The minimum Gasteiger partial charge on any atom is -0.495 e. The molecule has 0 radical (unpaired) electrons. The number of morpholine rings is 1. The number of rotatable bonds is 7. The van der Waals surface area contributed by atoms with Crippen LogP contribution < -0.4 is 19.5 Å². The number of amides is 2. The molecular formula is C27H26N2O7. The van der Waals surface area contributed by atoms with E-state index in [0.717, 1.165) is 16.4 Å². The van der Waals surface area contributed by atoms with Crippen LogP contribution in [0.15, 0.2) is 59.0 Å². The minimum absolute atomic E-state index is 0.128. The molecule has 4 aromatic rings. The van der Waals surface area contributed by atoms with Crippen molar-refractivity contribution < 1.29 is 33.0 Å². The Hall–Kier alpha value is -4.24. The number of hydrogen-bond donors (Lipinski definition) is 1. The van der Waals surface area contributed by atoms with E-state index in [1.807, 2.05) is 30.3 Å². The first-order valence-corrected chi connectivity index (χ1v) is 11.5. The molecule has 2 amide bonds. The summed E-state index contributed by atoms with van der Waals surface area (Å²) in [4.78, 5) is 27.2. The van der Waals surface area contributed by atoms with Gasteiger partial charge < -0.3 is 33.6 Å². The standard InChI is InChI=1S/C27H26N2O7/c1-32-24-14-19-18-5-3-4-6-21(18)36-23(19)15-20(24)28-27(31)17-7-8-22(25(13-17)33-2)35-16-26(30)29-9-11-34-12-10-29/h3-8,13-15H,9-12,16H2,1-2H3,(H,28,31). The molecule has 0 bridgehead atoms. The van der Waals surface area contributed by atoms with Gasteiger partial charge in [0, 0.05) is 35.5 Å². The number of anilines is 1. The van der Waals surface area contributed by atoms with Gasteiger partial charge in [0.05, 0.1) is 33.1 Å². The lowest BCUT2D eigenvalue weighted by atomic mass is 10.1. The number of hydrogen-bond acceptors (Lipinski definition) is 7. The van der Waals surface area contributed by atoms with E-state index in [1.165, 1.54) is 7.11 Å². The van der Waals surface area contributed by atoms with Gasteiger partial charge in [0.2, 0.25) is 0 Å². The van der Waals surface area contributed by atoms with Crippen LogP contribution in [0.1, 0.15) is 10.4 Å². The molecule has 0 unspecified atom stereocenters. The number of nitrogens with one attached hydrogen (secondary N) is 1. The van der Waals surface area contributed by atoms with Gasteiger partial charge in [-0.25, -0.2) is 0 Å². The Morgan fingerprint density at radius 1 is 0.889 bits per heavy atom. The number of carbonyl (C=O) groups is 2. The fraction of sp³-hybridized carbons (Fsp3) is 0.259. The Labute approximate surface area is 207 Å². The van der Waals surface area contributed by atoms with Crippen molar-refractivity contribution in [1.29, 1.82) is 0 Å². The fourth-order valence-corrected chi connectivity index (χ4v) is 4.18. The third-order valence-electron chi connectivity index (χ3n) is 6.09. The van der Waals surface area contributed by atoms with Crippen LogP contribution in [0, 0.1) is 0 Å². The zero-order valence-corrected chi connectivity index (χ0v) is 20.0. The summed E-state index contributed by atoms with van der Waals surface area (Å²) in [5.74, 6) is 0.735. The predicted molar refractivity (Wildman–Crippen MR) is 134 cm³/mol. The Bertz CT molecular complexity index is 1420. The van der Waals surface area contributed by atoms with E-state index in [2.05, 4.69) is 5.32 Å². The van der Waals surface area contributed by atoms with Gasteiger partial charge in [0.15, 0.2) is 18.1 Å². The highest BCUT2D eigenvalue weighted by Gasteiger charge is 2.19. The molecule has 3 aromatic carbocycles. The maximum atomic E-state index is 13.1. The summed E-state index contributed by atoms with van der Waals surface area (Å²) in [6.45, 7) is 2.00. The van der Waals surface area contributed by atoms with E-state index in [0.29, 0.717) is 60.4 Å². The van der Waals surface area contributed by atoms with E-state index in [1.54, 1.807) is 36.3 Å². The summed E-state index contributed by atoms with van der Waals surface area (Å²) < 4.78 is 27.8. The van der Waals surface area contributed by atoms with Crippen LogP contribution >= 0.6 is 0 Å². The monoisotopic (exact) mass is 490 g/mol. The lowest BCUT2D eigenvalue weighted by Gasteiger charge is -2.26. The van der Waals surface area contributed by atoms with Crippen molar-refractivity contribution in [2.75, 3.05) is 52.4 Å². The van der Waals surface area contributed by atoms with Crippen molar-refractivity contribution in [2.24, 2.45) is 0 Å². The number of fused-ring (bicyclic) bond motifs is 3.